The maximum Gasteiger partial charge on any atom is 0.295 e. The summed E-state index contributed by atoms with van der Waals surface area (Å²) in [4.78, 5) is 33.5. The number of benzene rings is 1. The van der Waals surface area contributed by atoms with E-state index in [0.717, 1.165) is 10.8 Å². The third-order valence-corrected chi connectivity index (χ3v) is 7.28. The van der Waals surface area contributed by atoms with Crippen molar-refractivity contribution in [1.82, 2.24) is 19.1 Å². The van der Waals surface area contributed by atoms with Crippen LogP contribution in [0.2, 0.25) is 0 Å². The number of nitrogens with zero attached hydrogens (tertiary/aromatic N) is 4. The Morgan fingerprint density at radius 1 is 1.09 bits per heavy atom. The van der Waals surface area contributed by atoms with E-state index in [0.29, 0.717) is 18.5 Å². The molecular weight excluding hydrogens is 444 g/mol. The molecule has 1 N–H and O–H groups in total. The van der Waals surface area contributed by atoms with Gasteiger partial charge in [-0.1, -0.05) is 6.07 Å². The number of carbonyl (C=O) groups excluding carboxylic acids is 2. The van der Waals surface area contributed by atoms with Crippen LogP contribution in [0.1, 0.15) is 23.6 Å². The number of amides is 1. The second kappa shape index (κ2) is 9.82. The van der Waals surface area contributed by atoms with Crippen molar-refractivity contribution < 1.29 is 23.1 Å². The van der Waals surface area contributed by atoms with Gasteiger partial charge in [0.2, 0.25) is 10.0 Å². The number of likely N-dealkylation sites (tertiary alicyclic amines) is 1. The van der Waals surface area contributed by atoms with Crippen molar-refractivity contribution in [2.45, 2.75) is 17.4 Å². The third-order valence-electron chi connectivity index (χ3n) is 5.45. The molecule has 176 valence electrons. The Balaban J connectivity index is 2.06. The van der Waals surface area contributed by atoms with Crippen molar-refractivity contribution in [2.24, 2.45) is 0 Å². The highest BCUT2D eigenvalue weighted by Gasteiger charge is 2.45. The molecule has 1 aromatic carbocycles. The average molecular weight is 473 g/mol. The van der Waals surface area contributed by atoms with Gasteiger partial charge >= 0.3 is 0 Å². The number of aromatic nitrogens is 1. The topological polar surface area (TPSA) is 111 Å². The second-order valence-electron chi connectivity index (χ2n) is 8.25. The van der Waals surface area contributed by atoms with E-state index in [1.54, 1.807) is 24.5 Å². The summed E-state index contributed by atoms with van der Waals surface area (Å²) in [7, 11) is 3.05. The first-order valence-electron chi connectivity index (χ1n) is 10.4. The molecule has 0 aliphatic carbocycles. The van der Waals surface area contributed by atoms with E-state index in [9.17, 15) is 23.1 Å². The highest BCUT2D eigenvalue weighted by molar-refractivity contribution is 7.89. The lowest BCUT2D eigenvalue weighted by atomic mass is 9.96. The van der Waals surface area contributed by atoms with Gasteiger partial charge in [0.05, 0.1) is 16.5 Å². The van der Waals surface area contributed by atoms with E-state index in [1.165, 1.54) is 43.3 Å². The minimum absolute atomic E-state index is 0.0407. The molecule has 1 fully saturated rings. The van der Waals surface area contributed by atoms with Crippen LogP contribution in [0.3, 0.4) is 0 Å². The molecule has 1 amide bonds. The summed E-state index contributed by atoms with van der Waals surface area (Å²) >= 11 is 0. The summed E-state index contributed by atoms with van der Waals surface area (Å²) in [6, 6.07) is 8.23. The summed E-state index contributed by atoms with van der Waals surface area (Å²) < 4.78 is 25.7. The number of Topliss-reactive ketones (excluding diaryl/α,β-unsaturated/α-hetero) is 1. The minimum Gasteiger partial charge on any atom is -0.507 e. The van der Waals surface area contributed by atoms with Gasteiger partial charge in [0.1, 0.15) is 5.76 Å². The molecule has 0 spiro atoms. The SMILES string of the molecule is CN(C)CCCN1C(=O)C(=O)C(=C(O)c2ccc(S(=O)(=O)N(C)C)cc2)[C@@H]1c1cccnc1. The molecule has 1 atom stereocenters. The van der Waals surface area contributed by atoms with Crippen LogP contribution in [-0.4, -0.2) is 85.6 Å². The molecule has 0 saturated carbocycles. The molecule has 1 saturated heterocycles. The van der Waals surface area contributed by atoms with Gasteiger partial charge in [-0.3, -0.25) is 14.6 Å². The van der Waals surface area contributed by atoms with E-state index >= 15 is 0 Å². The Morgan fingerprint density at radius 2 is 1.76 bits per heavy atom. The summed E-state index contributed by atoms with van der Waals surface area (Å²) in [5.41, 5.74) is 0.809. The first-order chi connectivity index (χ1) is 15.6. The zero-order valence-electron chi connectivity index (χ0n) is 19.1. The number of rotatable bonds is 8. The lowest BCUT2D eigenvalue weighted by Crippen LogP contribution is -2.32. The van der Waals surface area contributed by atoms with E-state index in [-0.39, 0.29) is 21.8 Å². The predicted molar refractivity (Wildman–Crippen MR) is 124 cm³/mol. The van der Waals surface area contributed by atoms with Crippen LogP contribution in [0, 0.1) is 0 Å². The summed E-state index contributed by atoms with van der Waals surface area (Å²) in [5.74, 6) is -1.82. The van der Waals surface area contributed by atoms with Crippen LogP contribution in [0.4, 0.5) is 0 Å². The average Bonchev–Trinajstić information content (AvgIpc) is 3.04. The highest BCUT2D eigenvalue weighted by Crippen LogP contribution is 2.39. The van der Waals surface area contributed by atoms with Gasteiger partial charge in [-0.05, 0) is 63.0 Å². The Bertz CT molecular complexity index is 1160. The number of hydrogen-bond donors (Lipinski definition) is 1. The minimum atomic E-state index is -3.64. The van der Waals surface area contributed by atoms with E-state index in [1.807, 2.05) is 19.0 Å². The number of hydrogen-bond acceptors (Lipinski definition) is 7. The zero-order chi connectivity index (χ0) is 24.3. The first kappa shape index (κ1) is 24.6. The molecule has 9 nitrogen and oxygen atoms in total. The van der Waals surface area contributed by atoms with Gasteiger partial charge in [0.25, 0.3) is 11.7 Å². The monoisotopic (exact) mass is 472 g/mol. The van der Waals surface area contributed by atoms with Crippen LogP contribution in [0.25, 0.3) is 5.76 Å². The summed E-state index contributed by atoms with van der Waals surface area (Å²) in [5, 5.41) is 11.1. The largest absolute Gasteiger partial charge is 0.507 e. The molecule has 0 bridgehead atoms. The Labute approximate surface area is 194 Å². The van der Waals surface area contributed by atoms with Gasteiger partial charge in [-0.25, -0.2) is 12.7 Å². The maximum atomic E-state index is 13.0. The molecule has 1 aliphatic heterocycles. The fourth-order valence-corrected chi connectivity index (χ4v) is 4.60. The smallest absolute Gasteiger partial charge is 0.295 e. The van der Waals surface area contributed by atoms with Gasteiger partial charge < -0.3 is 14.9 Å². The number of aliphatic hydroxyl groups is 1. The van der Waals surface area contributed by atoms with Crippen molar-refractivity contribution in [2.75, 3.05) is 41.3 Å². The molecule has 2 heterocycles. The summed E-state index contributed by atoms with van der Waals surface area (Å²) in [6.45, 7) is 1.06. The normalized spacial score (nSPS) is 18.5. The Hall–Kier alpha value is -3.08. The number of carbonyl (C=O) groups is 2. The third kappa shape index (κ3) is 4.97. The fourth-order valence-electron chi connectivity index (χ4n) is 3.70. The molecule has 0 radical (unpaired) electrons. The Morgan fingerprint density at radius 3 is 2.30 bits per heavy atom. The van der Waals surface area contributed by atoms with E-state index in [2.05, 4.69) is 4.98 Å². The quantitative estimate of drug-likeness (QED) is 0.354. The predicted octanol–water partition coefficient (Wildman–Crippen LogP) is 1.71. The van der Waals surface area contributed by atoms with Crippen LogP contribution in [0.15, 0.2) is 59.3 Å². The van der Waals surface area contributed by atoms with Crippen molar-refractivity contribution in [3.8, 4) is 0 Å². The lowest BCUT2D eigenvalue weighted by Gasteiger charge is -2.25. The van der Waals surface area contributed by atoms with Gasteiger partial charge in [0.15, 0.2) is 0 Å². The number of pyridine rings is 1. The lowest BCUT2D eigenvalue weighted by molar-refractivity contribution is -0.139. The highest BCUT2D eigenvalue weighted by atomic mass is 32.2. The molecule has 33 heavy (non-hydrogen) atoms. The maximum absolute atomic E-state index is 13.0. The van der Waals surface area contributed by atoms with Crippen LogP contribution in [0.5, 0.6) is 0 Å². The number of ketones is 1. The molecule has 1 aromatic heterocycles. The molecular formula is C23H28N4O5S. The molecule has 1 aliphatic rings. The van der Waals surface area contributed by atoms with Crippen molar-refractivity contribution in [3.63, 3.8) is 0 Å². The van der Waals surface area contributed by atoms with E-state index in [4.69, 9.17) is 0 Å². The van der Waals surface area contributed by atoms with Crippen LogP contribution in [-0.2, 0) is 19.6 Å². The van der Waals surface area contributed by atoms with Gasteiger partial charge in [-0.2, -0.15) is 0 Å². The number of aliphatic hydroxyl groups excluding tert-OH is 1. The van der Waals surface area contributed by atoms with Crippen molar-refractivity contribution in [1.29, 1.82) is 0 Å². The van der Waals surface area contributed by atoms with Gasteiger partial charge in [0, 0.05) is 38.6 Å². The first-order valence-corrected chi connectivity index (χ1v) is 11.9. The molecule has 10 heteroatoms. The van der Waals surface area contributed by atoms with Crippen LogP contribution < -0.4 is 0 Å². The Kier molecular flexibility index (Phi) is 7.31. The van der Waals surface area contributed by atoms with Crippen molar-refractivity contribution in [3.05, 3.63) is 65.5 Å². The molecule has 0 unspecified atom stereocenters. The molecule has 3 rings (SSSR count). The van der Waals surface area contributed by atoms with Crippen molar-refractivity contribution >= 4 is 27.5 Å². The van der Waals surface area contributed by atoms with Gasteiger partial charge in [-0.15, -0.1) is 0 Å². The second-order valence-corrected chi connectivity index (χ2v) is 10.4. The number of sulfonamides is 1. The zero-order valence-corrected chi connectivity index (χ0v) is 19.9. The molecule has 2 aromatic rings. The fraction of sp³-hybridized carbons (Fsp3) is 0.348. The van der Waals surface area contributed by atoms with Crippen LogP contribution >= 0.6 is 0 Å². The summed E-state index contributed by atoms with van der Waals surface area (Å²) in [6.07, 6.45) is 3.80. The van der Waals surface area contributed by atoms with E-state index < -0.39 is 27.8 Å². The standard InChI is InChI=1S/C23H28N4O5S/c1-25(2)13-6-14-27-20(17-7-5-12-24-15-17)19(22(29)23(27)30)21(28)16-8-10-18(11-9-16)33(31,32)26(3)4/h5,7-12,15,20,28H,6,13-14H2,1-4H3/t20-/m0/s1.